The molecule has 0 amide bonds. The first kappa shape index (κ1) is 10.4. The van der Waals surface area contributed by atoms with E-state index in [1.165, 1.54) is 6.08 Å². The first-order valence-electron chi connectivity index (χ1n) is 4.93. The highest BCUT2D eigenvalue weighted by molar-refractivity contribution is 5.95. The molecule has 1 aromatic rings. The Morgan fingerprint density at radius 2 is 2.19 bits per heavy atom. The fourth-order valence-electron chi connectivity index (χ4n) is 1.42. The lowest BCUT2D eigenvalue weighted by Gasteiger charge is -1.99. The standard InChI is InChI=1S/C12H11NO3/c14-11(15)7-6-10-8-16-12(13-10)9-4-2-1-3-5-9/h1-7,10H,8H2,(H,14,15)/b7-6-. The maximum Gasteiger partial charge on any atom is 0.328 e. The van der Waals surface area contributed by atoms with Crippen LogP contribution in [0.15, 0.2) is 47.5 Å². The highest BCUT2D eigenvalue weighted by Gasteiger charge is 2.17. The Morgan fingerprint density at radius 3 is 2.88 bits per heavy atom. The molecule has 0 aliphatic carbocycles. The van der Waals surface area contributed by atoms with E-state index in [0.717, 1.165) is 11.6 Å². The second kappa shape index (κ2) is 4.61. The van der Waals surface area contributed by atoms with Crippen LogP contribution in [0.2, 0.25) is 0 Å². The molecular formula is C12H11NO3. The monoisotopic (exact) mass is 217 g/mol. The molecule has 0 radical (unpaired) electrons. The van der Waals surface area contributed by atoms with Crippen molar-refractivity contribution in [1.82, 2.24) is 0 Å². The number of hydrogen-bond donors (Lipinski definition) is 1. The molecule has 4 nitrogen and oxygen atoms in total. The van der Waals surface area contributed by atoms with Crippen LogP contribution in [0.4, 0.5) is 0 Å². The second-order valence-electron chi connectivity index (χ2n) is 3.38. The van der Waals surface area contributed by atoms with Crippen molar-refractivity contribution in [3.8, 4) is 0 Å². The summed E-state index contributed by atoms with van der Waals surface area (Å²) in [7, 11) is 0. The average Bonchev–Trinajstić information content (AvgIpc) is 2.76. The molecular weight excluding hydrogens is 206 g/mol. The molecule has 2 rings (SSSR count). The zero-order chi connectivity index (χ0) is 11.4. The van der Waals surface area contributed by atoms with Gasteiger partial charge in [-0.25, -0.2) is 9.79 Å². The van der Waals surface area contributed by atoms with Crippen molar-refractivity contribution >= 4 is 11.9 Å². The Hall–Kier alpha value is -2.10. The molecule has 0 aromatic heterocycles. The highest BCUT2D eigenvalue weighted by atomic mass is 16.5. The quantitative estimate of drug-likeness (QED) is 0.780. The minimum absolute atomic E-state index is 0.202. The van der Waals surface area contributed by atoms with Gasteiger partial charge in [0.25, 0.3) is 0 Å². The smallest absolute Gasteiger partial charge is 0.328 e. The number of benzene rings is 1. The number of hydrogen-bond acceptors (Lipinski definition) is 3. The molecule has 1 atom stereocenters. The van der Waals surface area contributed by atoms with E-state index in [9.17, 15) is 4.79 Å². The second-order valence-corrected chi connectivity index (χ2v) is 3.38. The third kappa shape index (κ3) is 2.48. The Morgan fingerprint density at radius 1 is 1.44 bits per heavy atom. The van der Waals surface area contributed by atoms with Gasteiger partial charge < -0.3 is 9.84 Å². The lowest BCUT2D eigenvalue weighted by atomic mass is 10.2. The lowest BCUT2D eigenvalue weighted by molar-refractivity contribution is -0.131. The summed E-state index contributed by atoms with van der Waals surface area (Å²) in [5.74, 6) is -0.399. The van der Waals surface area contributed by atoms with Gasteiger partial charge in [0.15, 0.2) is 0 Å². The molecule has 0 saturated heterocycles. The van der Waals surface area contributed by atoms with E-state index in [1.807, 2.05) is 30.3 Å². The van der Waals surface area contributed by atoms with Gasteiger partial charge >= 0.3 is 5.97 Å². The summed E-state index contributed by atoms with van der Waals surface area (Å²) in [5.41, 5.74) is 0.911. The summed E-state index contributed by atoms with van der Waals surface area (Å²) >= 11 is 0. The number of carbonyl (C=O) groups is 1. The van der Waals surface area contributed by atoms with Crippen molar-refractivity contribution in [2.45, 2.75) is 6.04 Å². The fourth-order valence-corrected chi connectivity index (χ4v) is 1.42. The number of carboxylic acid groups (broad SMARTS) is 1. The van der Waals surface area contributed by atoms with Gasteiger partial charge in [-0.1, -0.05) is 18.2 Å². The molecule has 1 aliphatic heterocycles. The Labute approximate surface area is 92.9 Å². The molecule has 1 aliphatic rings. The van der Waals surface area contributed by atoms with Gasteiger partial charge in [0.2, 0.25) is 5.90 Å². The summed E-state index contributed by atoms with van der Waals surface area (Å²) in [6.45, 7) is 0.397. The van der Waals surface area contributed by atoms with Gasteiger partial charge in [-0.3, -0.25) is 0 Å². The predicted octanol–water partition coefficient (Wildman–Crippen LogP) is 1.47. The molecule has 1 aromatic carbocycles. The zero-order valence-electron chi connectivity index (χ0n) is 8.54. The average molecular weight is 217 g/mol. The third-order valence-electron chi connectivity index (χ3n) is 2.16. The predicted molar refractivity (Wildman–Crippen MR) is 59.5 cm³/mol. The van der Waals surface area contributed by atoms with E-state index < -0.39 is 5.97 Å². The van der Waals surface area contributed by atoms with E-state index in [4.69, 9.17) is 9.84 Å². The first-order chi connectivity index (χ1) is 7.75. The lowest BCUT2D eigenvalue weighted by Crippen LogP contribution is -2.03. The molecule has 0 bridgehead atoms. The van der Waals surface area contributed by atoms with Crippen LogP contribution in [0.3, 0.4) is 0 Å². The molecule has 82 valence electrons. The van der Waals surface area contributed by atoms with Crippen molar-refractivity contribution in [3.63, 3.8) is 0 Å². The number of aliphatic carboxylic acids is 1. The Bertz CT molecular complexity index is 437. The molecule has 16 heavy (non-hydrogen) atoms. The normalized spacial score (nSPS) is 19.5. The van der Waals surface area contributed by atoms with Gasteiger partial charge in [-0.05, 0) is 18.2 Å². The van der Waals surface area contributed by atoms with Gasteiger partial charge in [0, 0.05) is 11.6 Å². The van der Waals surface area contributed by atoms with Crippen LogP contribution >= 0.6 is 0 Å². The topological polar surface area (TPSA) is 58.9 Å². The van der Waals surface area contributed by atoms with Crippen LogP contribution in [0, 0.1) is 0 Å². The summed E-state index contributed by atoms with van der Waals surface area (Å²) in [5, 5.41) is 8.48. The van der Waals surface area contributed by atoms with Crippen molar-refractivity contribution in [2.75, 3.05) is 6.61 Å². The van der Waals surface area contributed by atoms with Crippen molar-refractivity contribution in [2.24, 2.45) is 4.99 Å². The fraction of sp³-hybridized carbons (Fsp3) is 0.167. The van der Waals surface area contributed by atoms with Crippen molar-refractivity contribution in [3.05, 3.63) is 48.0 Å². The summed E-state index contributed by atoms with van der Waals surface area (Å²) in [6, 6.07) is 9.33. The van der Waals surface area contributed by atoms with Crippen LogP contribution in [-0.4, -0.2) is 29.6 Å². The van der Waals surface area contributed by atoms with Crippen LogP contribution in [-0.2, 0) is 9.53 Å². The molecule has 1 N–H and O–H groups in total. The summed E-state index contributed by atoms with van der Waals surface area (Å²) < 4.78 is 5.39. The van der Waals surface area contributed by atoms with Gasteiger partial charge in [-0.2, -0.15) is 0 Å². The van der Waals surface area contributed by atoms with E-state index >= 15 is 0 Å². The van der Waals surface area contributed by atoms with E-state index in [0.29, 0.717) is 12.5 Å². The van der Waals surface area contributed by atoms with Gasteiger partial charge in [0.1, 0.15) is 12.6 Å². The summed E-state index contributed by atoms with van der Waals surface area (Å²) in [4.78, 5) is 14.6. The van der Waals surface area contributed by atoms with Gasteiger partial charge in [-0.15, -0.1) is 0 Å². The Kier molecular flexibility index (Phi) is 3.00. The largest absolute Gasteiger partial charge is 0.478 e. The third-order valence-corrected chi connectivity index (χ3v) is 2.16. The zero-order valence-corrected chi connectivity index (χ0v) is 8.54. The number of rotatable bonds is 3. The highest BCUT2D eigenvalue weighted by Crippen LogP contribution is 2.12. The minimum atomic E-state index is -0.969. The molecule has 0 fully saturated rings. The molecule has 0 spiro atoms. The van der Waals surface area contributed by atoms with Crippen LogP contribution in [0.5, 0.6) is 0 Å². The van der Waals surface area contributed by atoms with Gasteiger partial charge in [0.05, 0.1) is 0 Å². The van der Waals surface area contributed by atoms with E-state index in [-0.39, 0.29) is 6.04 Å². The van der Waals surface area contributed by atoms with Crippen molar-refractivity contribution in [1.29, 1.82) is 0 Å². The molecule has 4 heteroatoms. The van der Waals surface area contributed by atoms with E-state index in [2.05, 4.69) is 4.99 Å². The number of carboxylic acids is 1. The maximum absolute atomic E-state index is 10.3. The number of aliphatic imine (C=N–C) groups is 1. The van der Waals surface area contributed by atoms with Crippen LogP contribution < -0.4 is 0 Å². The van der Waals surface area contributed by atoms with Crippen LogP contribution in [0.25, 0.3) is 0 Å². The SMILES string of the molecule is O=C(O)/C=C\C1COC(c2ccccc2)=N1. The number of ether oxygens (including phenoxy) is 1. The molecule has 1 unspecified atom stereocenters. The minimum Gasteiger partial charge on any atom is -0.478 e. The first-order valence-corrected chi connectivity index (χ1v) is 4.93. The van der Waals surface area contributed by atoms with Crippen LogP contribution in [0.1, 0.15) is 5.56 Å². The maximum atomic E-state index is 10.3. The summed E-state index contributed by atoms with van der Waals surface area (Å²) in [6.07, 6.45) is 2.61. The Balaban J connectivity index is 2.10. The van der Waals surface area contributed by atoms with Crippen molar-refractivity contribution < 1.29 is 14.6 Å². The molecule has 1 heterocycles. The molecule has 0 saturated carbocycles. The van der Waals surface area contributed by atoms with E-state index in [1.54, 1.807) is 0 Å². The number of nitrogens with zero attached hydrogens (tertiary/aromatic N) is 1.